The van der Waals surface area contributed by atoms with Gasteiger partial charge in [-0.3, -0.25) is 0 Å². The third kappa shape index (κ3) is 5.67. The molecule has 0 saturated heterocycles. The molecule has 0 fully saturated rings. The van der Waals surface area contributed by atoms with Gasteiger partial charge in [-0.05, 0) is 29.7 Å². The molecule has 0 bridgehead atoms. The minimum Gasteiger partial charge on any atom is -0.390 e. The number of nitrogens with one attached hydrogen (secondary N) is 1. The molecule has 4 heteroatoms. The number of hydrogen-bond acceptors (Lipinski definition) is 4. The lowest BCUT2D eigenvalue weighted by Crippen LogP contribution is -2.42. The summed E-state index contributed by atoms with van der Waals surface area (Å²) in [6, 6.07) is 18.1. The lowest BCUT2D eigenvalue weighted by molar-refractivity contribution is 0.141. The SMILES string of the molecule is CN(C)c1cccc(CNC[C@@H](O)[C@@H](N)Cc2ccccc2)c1. The maximum absolute atomic E-state index is 10.2. The second-order valence-electron chi connectivity index (χ2n) is 6.12. The van der Waals surface area contributed by atoms with Crippen LogP contribution < -0.4 is 16.0 Å². The molecular formula is C19H27N3O. The number of aliphatic hydroxyl groups excluding tert-OH is 1. The molecule has 23 heavy (non-hydrogen) atoms. The average Bonchev–Trinajstić information content (AvgIpc) is 2.56. The van der Waals surface area contributed by atoms with Gasteiger partial charge >= 0.3 is 0 Å². The zero-order valence-electron chi connectivity index (χ0n) is 13.9. The van der Waals surface area contributed by atoms with E-state index in [1.54, 1.807) is 0 Å². The largest absolute Gasteiger partial charge is 0.390 e. The second-order valence-corrected chi connectivity index (χ2v) is 6.12. The zero-order valence-corrected chi connectivity index (χ0v) is 13.9. The number of aliphatic hydroxyl groups is 1. The van der Waals surface area contributed by atoms with E-state index in [1.165, 1.54) is 11.3 Å². The highest BCUT2D eigenvalue weighted by Gasteiger charge is 2.14. The summed E-state index contributed by atoms with van der Waals surface area (Å²) in [6.45, 7) is 1.21. The van der Waals surface area contributed by atoms with Crippen molar-refractivity contribution in [1.82, 2.24) is 5.32 Å². The molecule has 2 aromatic rings. The van der Waals surface area contributed by atoms with Crippen LogP contribution in [-0.4, -0.2) is 37.9 Å². The standard InChI is InChI=1S/C19H27N3O/c1-22(2)17-10-6-9-16(11-17)13-21-14-19(23)18(20)12-15-7-4-3-5-8-15/h3-11,18-19,21,23H,12-14,20H2,1-2H3/t18-,19+/m0/s1. The summed E-state index contributed by atoms with van der Waals surface area (Å²) in [5, 5.41) is 13.5. The van der Waals surface area contributed by atoms with Crippen LogP contribution in [0.5, 0.6) is 0 Å². The molecule has 0 amide bonds. The Labute approximate surface area is 138 Å². The van der Waals surface area contributed by atoms with Crippen LogP contribution in [0.2, 0.25) is 0 Å². The van der Waals surface area contributed by atoms with Crippen molar-refractivity contribution >= 4 is 5.69 Å². The Morgan fingerprint density at radius 1 is 1.04 bits per heavy atom. The lowest BCUT2D eigenvalue weighted by atomic mass is 10.0. The second kappa shape index (κ2) is 8.67. The van der Waals surface area contributed by atoms with Crippen LogP contribution in [0.15, 0.2) is 54.6 Å². The Bertz CT molecular complexity index is 586. The van der Waals surface area contributed by atoms with E-state index in [9.17, 15) is 5.11 Å². The fraction of sp³-hybridized carbons (Fsp3) is 0.368. The minimum absolute atomic E-state index is 0.266. The molecule has 0 aliphatic carbocycles. The highest BCUT2D eigenvalue weighted by molar-refractivity contribution is 5.47. The van der Waals surface area contributed by atoms with E-state index in [0.29, 0.717) is 13.0 Å². The minimum atomic E-state index is -0.563. The van der Waals surface area contributed by atoms with Crippen LogP contribution in [-0.2, 0) is 13.0 Å². The third-order valence-electron chi connectivity index (χ3n) is 3.92. The smallest absolute Gasteiger partial charge is 0.0818 e. The Balaban J connectivity index is 1.78. The van der Waals surface area contributed by atoms with Crippen molar-refractivity contribution < 1.29 is 5.11 Å². The van der Waals surface area contributed by atoms with Crippen molar-refractivity contribution in [3.63, 3.8) is 0 Å². The van der Waals surface area contributed by atoms with Crippen molar-refractivity contribution in [2.24, 2.45) is 5.73 Å². The molecule has 0 radical (unpaired) electrons. The van der Waals surface area contributed by atoms with Crippen molar-refractivity contribution in [3.05, 3.63) is 65.7 Å². The number of nitrogens with zero attached hydrogens (tertiary/aromatic N) is 1. The van der Waals surface area contributed by atoms with Gasteiger partial charge in [-0.2, -0.15) is 0 Å². The van der Waals surface area contributed by atoms with Gasteiger partial charge in [0.15, 0.2) is 0 Å². The van der Waals surface area contributed by atoms with Gasteiger partial charge in [-0.1, -0.05) is 42.5 Å². The van der Waals surface area contributed by atoms with E-state index >= 15 is 0 Å². The van der Waals surface area contributed by atoms with Gasteiger partial charge in [0, 0.05) is 38.9 Å². The molecule has 2 atom stereocenters. The van der Waals surface area contributed by atoms with Crippen LogP contribution >= 0.6 is 0 Å². The summed E-state index contributed by atoms with van der Waals surface area (Å²) in [5.41, 5.74) is 9.61. The zero-order chi connectivity index (χ0) is 16.7. The van der Waals surface area contributed by atoms with E-state index in [0.717, 1.165) is 12.1 Å². The molecule has 0 spiro atoms. The summed E-state index contributed by atoms with van der Waals surface area (Å²) in [5.74, 6) is 0. The first kappa shape index (κ1) is 17.5. The Hall–Kier alpha value is -1.88. The maximum atomic E-state index is 10.2. The molecule has 0 saturated carbocycles. The van der Waals surface area contributed by atoms with E-state index in [4.69, 9.17) is 5.73 Å². The molecule has 2 aromatic carbocycles. The summed E-state index contributed by atoms with van der Waals surface area (Å²) in [6.07, 6.45) is 0.118. The van der Waals surface area contributed by atoms with Gasteiger partial charge in [0.25, 0.3) is 0 Å². The quantitative estimate of drug-likeness (QED) is 0.695. The maximum Gasteiger partial charge on any atom is 0.0818 e. The van der Waals surface area contributed by atoms with Gasteiger partial charge in [0.1, 0.15) is 0 Å². The van der Waals surface area contributed by atoms with Gasteiger partial charge in [0.2, 0.25) is 0 Å². The molecule has 0 aliphatic rings. The van der Waals surface area contributed by atoms with Gasteiger partial charge in [0.05, 0.1) is 6.10 Å². The van der Waals surface area contributed by atoms with E-state index < -0.39 is 6.10 Å². The topological polar surface area (TPSA) is 61.5 Å². The summed E-state index contributed by atoms with van der Waals surface area (Å²) in [4.78, 5) is 2.08. The number of nitrogens with two attached hydrogens (primary N) is 1. The monoisotopic (exact) mass is 313 g/mol. The first-order valence-electron chi connectivity index (χ1n) is 8.01. The van der Waals surface area contributed by atoms with Crippen molar-refractivity contribution in [1.29, 1.82) is 0 Å². The van der Waals surface area contributed by atoms with E-state index in [-0.39, 0.29) is 6.04 Å². The summed E-state index contributed by atoms with van der Waals surface area (Å²) >= 11 is 0. The van der Waals surface area contributed by atoms with Gasteiger partial charge < -0.3 is 21.1 Å². The van der Waals surface area contributed by atoms with Crippen LogP contribution in [0.1, 0.15) is 11.1 Å². The molecule has 2 rings (SSSR count). The highest BCUT2D eigenvalue weighted by Crippen LogP contribution is 2.13. The van der Waals surface area contributed by atoms with Gasteiger partial charge in [-0.15, -0.1) is 0 Å². The first-order chi connectivity index (χ1) is 11.1. The van der Waals surface area contributed by atoms with Crippen molar-refractivity contribution in [2.75, 3.05) is 25.5 Å². The average molecular weight is 313 g/mol. The third-order valence-corrected chi connectivity index (χ3v) is 3.92. The fourth-order valence-electron chi connectivity index (χ4n) is 2.48. The van der Waals surface area contributed by atoms with Crippen LogP contribution in [0.4, 0.5) is 5.69 Å². The number of hydrogen-bond donors (Lipinski definition) is 3. The molecular weight excluding hydrogens is 286 g/mol. The molecule has 0 aliphatic heterocycles. The van der Waals surface area contributed by atoms with Crippen molar-refractivity contribution in [2.45, 2.75) is 25.1 Å². The summed E-state index contributed by atoms with van der Waals surface area (Å²) in [7, 11) is 4.05. The Morgan fingerprint density at radius 3 is 2.43 bits per heavy atom. The molecule has 0 heterocycles. The van der Waals surface area contributed by atoms with E-state index in [1.807, 2.05) is 50.5 Å². The van der Waals surface area contributed by atoms with E-state index in [2.05, 4.69) is 28.4 Å². The normalized spacial score (nSPS) is 13.6. The lowest BCUT2D eigenvalue weighted by Gasteiger charge is -2.20. The van der Waals surface area contributed by atoms with Crippen LogP contribution in [0.25, 0.3) is 0 Å². The predicted molar refractivity (Wildman–Crippen MR) is 96.6 cm³/mol. The van der Waals surface area contributed by atoms with Crippen LogP contribution in [0.3, 0.4) is 0 Å². The molecule has 0 unspecified atom stereocenters. The molecule has 0 aromatic heterocycles. The Morgan fingerprint density at radius 2 is 1.74 bits per heavy atom. The van der Waals surface area contributed by atoms with Crippen molar-refractivity contribution in [3.8, 4) is 0 Å². The highest BCUT2D eigenvalue weighted by atomic mass is 16.3. The predicted octanol–water partition coefficient (Wildman–Crippen LogP) is 1.77. The first-order valence-corrected chi connectivity index (χ1v) is 8.01. The van der Waals surface area contributed by atoms with Gasteiger partial charge in [-0.25, -0.2) is 0 Å². The molecule has 124 valence electrons. The molecule has 4 nitrogen and oxygen atoms in total. The summed E-state index contributed by atoms with van der Waals surface area (Å²) < 4.78 is 0. The van der Waals surface area contributed by atoms with Crippen LogP contribution in [0, 0.1) is 0 Å². The number of benzene rings is 2. The Kier molecular flexibility index (Phi) is 6.59. The number of rotatable bonds is 8. The number of anilines is 1. The fourth-order valence-corrected chi connectivity index (χ4v) is 2.48. The molecule has 4 N–H and O–H groups in total.